The van der Waals surface area contributed by atoms with E-state index in [4.69, 9.17) is 0 Å². The van der Waals surface area contributed by atoms with Gasteiger partial charge in [-0.25, -0.2) is 9.97 Å². The predicted octanol–water partition coefficient (Wildman–Crippen LogP) is 1.66. The molecule has 25 heavy (non-hydrogen) atoms. The van der Waals surface area contributed by atoms with Crippen molar-refractivity contribution in [2.24, 2.45) is 7.05 Å². The summed E-state index contributed by atoms with van der Waals surface area (Å²) in [6, 6.07) is 2.37. The number of nitrogens with zero attached hydrogens (tertiary/aromatic N) is 5. The average Bonchev–Trinajstić information content (AvgIpc) is 2.95. The molecule has 0 bridgehead atoms. The van der Waals surface area contributed by atoms with Crippen molar-refractivity contribution < 1.29 is 4.79 Å². The summed E-state index contributed by atoms with van der Waals surface area (Å²) in [4.78, 5) is 22.1. The van der Waals surface area contributed by atoms with Crippen molar-refractivity contribution in [3.8, 4) is 0 Å². The normalized spacial score (nSPS) is 19.3. The van der Waals surface area contributed by atoms with Gasteiger partial charge in [0, 0.05) is 57.5 Å². The third kappa shape index (κ3) is 4.55. The standard InChI is InChI=1S/C18H26N6O/c1-13(25)22-16-7-15(8-16)17-9-18(20-12-19-17)23(2)6-4-5-14-10-21-24(3)11-14/h9-12,15-16H,4-8H2,1-3H3,(H,22,25). The first kappa shape index (κ1) is 17.4. The number of amides is 1. The van der Waals surface area contributed by atoms with Crippen LogP contribution in [-0.4, -0.2) is 45.3 Å². The van der Waals surface area contributed by atoms with E-state index in [0.717, 1.165) is 43.7 Å². The van der Waals surface area contributed by atoms with Gasteiger partial charge in [-0.05, 0) is 31.2 Å². The lowest BCUT2D eigenvalue weighted by Crippen LogP contribution is -2.42. The highest BCUT2D eigenvalue weighted by Gasteiger charge is 2.32. The Bertz CT molecular complexity index is 722. The van der Waals surface area contributed by atoms with Gasteiger partial charge in [0.05, 0.1) is 6.20 Å². The van der Waals surface area contributed by atoms with Crippen LogP contribution in [0, 0.1) is 0 Å². The van der Waals surface area contributed by atoms with Gasteiger partial charge in [0.15, 0.2) is 0 Å². The van der Waals surface area contributed by atoms with Crippen LogP contribution in [0.5, 0.6) is 0 Å². The Morgan fingerprint density at radius 2 is 2.20 bits per heavy atom. The smallest absolute Gasteiger partial charge is 0.217 e. The molecule has 3 rings (SSSR count). The second kappa shape index (κ2) is 7.63. The van der Waals surface area contributed by atoms with Crippen LogP contribution in [0.15, 0.2) is 24.8 Å². The zero-order chi connectivity index (χ0) is 17.8. The molecule has 1 fully saturated rings. The summed E-state index contributed by atoms with van der Waals surface area (Å²) in [7, 11) is 4.01. The van der Waals surface area contributed by atoms with Gasteiger partial charge >= 0.3 is 0 Å². The molecule has 7 heteroatoms. The molecule has 7 nitrogen and oxygen atoms in total. The van der Waals surface area contributed by atoms with Gasteiger partial charge in [-0.15, -0.1) is 0 Å². The summed E-state index contributed by atoms with van der Waals surface area (Å²) < 4.78 is 1.84. The van der Waals surface area contributed by atoms with Crippen LogP contribution in [0.4, 0.5) is 5.82 Å². The van der Waals surface area contributed by atoms with E-state index in [0.29, 0.717) is 5.92 Å². The third-order valence-electron chi connectivity index (χ3n) is 4.75. The van der Waals surface area contributed by atoms with Crippen molar-refractivity contribution in [2.45, 2.75) is 44.6 Å². The zero-order valence-corrected chi connectivity index (χ0v) is 15.1. The van der Waals surface area contributed by atoms with E-state index in [-0.39, 0.29) is 11.9 Å². The first-order chi connectivity index (χ1) is 12.0. The fraction of sp³-hybridized carbons (Fsp3) is 0.556. The Labute approximate surface area is 148 Å². The first-order valence-corrected chi connectivity index (χ1v) is 8.79. The molecule has 2 aromatic rings. The molecule has 0 aliphatic heterocycles. The molecular weight excluding hydrogens is 316 g/mol. The first-order valence-electron chi connectivity index (χ1n) is 8.79. The summed E-state index contributed by atoms with van der Waals surface area (Å²) in [5.74, 6) is 1.42. The van der Waals surface area contributed by atoms with E-state index in [1.54, 1.807) is 13.3 Å². The summed E-state index contributed by atoms with van der Waals surface area (Å²) in [6.45, 7) is 2.50. The van der Waals surface area contributed by atoms with Gasteiger partial charge in [0.1, 0.15) is 12.1 Å². The van der Waals surface area contributed by atoms with E-state index < -0.39 is 0 Å². The van der Waals surface area contributed by atoms with Crippen LogP contribution in [0.1, 0.15) is 43.4 Å². The van der Waals surface area contributed by atoms with Gasteiger partial charge in [-0.3, -0.25) is 9.48 Å². The van der Waals surface area contributed by atoms with Crippen LogP contribution in [-0.2, 0) is 18.3 Å². The highest BCUT2D eigenvalue weighted by molar-refractivity contribution is 5.73. The molecule has 1 saturated carbocycles. The molecule has 1 aliphatic carbocycles. The minimum Gasteiger partial charge on any atom is -0.360 e. The fourth-order valence-corrected chi connectivity index (χ4v) is 3.29. The fourth-order valence-electron chi connectivity index (χ4n) is 3.29. The van der Waals surface area contributed by atoms with E-state index in [9.17, 15) is 4.79 Å². The number of hydrogen-bond acceptors (Lipinski definition) is 5. The van der Waals surface area contributed by atoms with Crippen LogP contribution < -0.4 is 10.2 Å². The number of carbonyl (C=O) groups is 1. The number of aromatic nitrogens is 4. The Kier molecular flexibility index (Phi) is 5.31. The van der Waals surface area contributed by atoms with Crippen molar-refractivity contribution in [1.82, 2.24) is 25.1 Å². The maximum absolute atomic E-state index is 11.1. The summed E-state index contributed by atoms with van der Waals surface area (Å²) in [6.07, 6.45) is 9.61. The number of rotatable bonds is 7. The molecule has 0 spiro atoms. The Hall–Kier alpha value is -2.44. The van der Waals surface area contributed by atoms with E-state index in [2.05, 4.69) is 44.6 Å². The third-order valence-corrected chi connectivity index (χ3v) is 4.75. The van der Waals surface area contributed by atoms with E-state index in [1.165, 1.54) is 5.56 Å². The van der Waals surface area contributed by atoms with Crippen molar-refractivity contribution >= 4 is 11.7 Å². The number of carbonyl (C=O) groups excluding carboxylic acids is 1. The van der Waals surface area contributed by atoms with Gasteiger partial charge < -0.3 is 10.2 Å². The minimum atomic E-state index is 0.0418. The van der Waals surface area contributed by atoms with E-state index in [1.807, 2.05) is 17.9 Å². The van der Waals surface area contributed by atoms with Gasteiger partial charge in [-0.1, -0.05) is 0 Å². The molecule has 1 N–H and O–H groups in total. The Balaban J connectivity index is 1.50. The number of nitrogens with one attached hydrogen (secondary N) is 1. The van der Waals surface area contributed by atoms with Crippen LogP contribution in [0.25, 0.3) is 0 Å². The molecule has 0 unspecified atom stereocenters. The summed E-state index contributed by atoms with van der Waals surface area (Å²) >= 11 is 0. The molecular formula is C18H26N6O. The summed E-state index contributed by atoms with van der Waals surface area (Å²) in [5.41, 5.74) is 2.34. The predicted molar refractivity (Wildman–Crippen MR) is 96.4 cm³/mol. The van der Waals surface area contributed by atoms with E-state index >= 15 is 0 Å². The number of anilines is 1. The number of hydrogen-bond donors (Lipinski definition) is 1. The molecule has 0 aromatic carbocycles. The Morgan fingerprint density at radius 1 is 1.40 bits per heavy atom. The van der Waals surface area contributed by atoms with Crippen LogP contribution in [0.2, 0.25) is 0 Å². The second-order valence-corrected chi connectivity index (χ2v) is 6.91. The molecule has 0 saturated heterocycles. The summed E-state index contributed by atoms with van der Waals surface area (Å²) in [5, 5.41) is 7.16. The zero-order valence-electron chi connectivity index (χ0n) is 15.1. The average molecular weight is 342 g/mol. The van der Waals surface area contributed by atoms with Crippen LogP contribution >= 0.6 is 0 Å². The second-order valence-electron chi connectivity index (χ2n) is 6.91. The van der Waals surface area contributed by atoms with Crippen molar-refractivity contribution in [3.05, 3.63) is 36.0 Å². The molecule has 1 amide bonds. The SMILES string of the molecule is CC(=O)NC1CC(c2cc(N(C)CCCc3cnn(C)c3)ncn2)C1. The van der Waals surface area contributed by atoms with Gasteiger partial charge in [0.25, 0.3) is 0 Å². The number of aryl methyl sites for hydroxylation is 2. The monoisotopic (exact) mass is 342 g/mol. The minimum absolute atomic E-state index is 0.0418. The van der Waals surface area contributed by atoms with Gasteiger partial charge in [0.2, 0.25) is 5.91 Å². The highest BCUT2D eigenvalue weighted by Crippen LogP contribution is 2.36. The molecule has 2 heterocycles. The largest absolute Gasteiger partial charge is 0.360 e. The van der Waals surface area contributed by atoms with Crippen molar-refractivity contribution in [1.29, 1.82) is 0 Å². The highest BCUT2D eigenvalue weighted by atomic mass is 16.1. The van der Waals surface area contributed by atoms with Crippen molar-refractivity contribution in [3.63, 3.8) is 0 Å². The molecule has 0 radical (unpaired) electrons. The lowest BCUT2D eigenvalue weighted by Gasteiger charge is -2.35. The lowest BCUT2D eigenvalue weighted by atomic mass is 9.78. The molecule has 134 valence electrons. The maximum Gasteiger partial charge on any atom is 0.217 e. The van der Waals surface area contributed by atoms with Crippen molar-refractivity contribution in [2.75, 3.05) is 18.5 Å². The lowest BCUT2D eigenvalue weighted by molar-refractivity contribution is -0.120. The maximum atomic E-state index is 11.1. The topological polar surface area (TPSA) is 75.9 Å². The quantitative estimate of drug-likeness (QED) is 0.828. The molecule has 1 aliphatic rings. The van der Waals surface area contributed by atoms with Gasteiger partial charge in [-0.2, -0.15) is 5.10 Å². The molecule has 0 atom stereocenters. The van der Waals surface area contributed by atoms with Crippen LogP contribution in [0.3, 0.4) is 0 Å². The molecule has 2 aromatic heterocycles. The Morgan fingerprint density at radius 3 is 2.88 bits per heavy atom.